The lowest BCUT2D eigenvalue weighted by atomic mass is 9.43. The van der Waals surface area contributed by atoms with Gasteiger partial charge in [-0.25, -0.2) is 4.79 Å². The Kier molecular flexibility index (Phi) is 7.84. The van der Waals surface area contributed by atoms with Crippen LogP contribution >= 0.6 is 0 Å². The van der Waals surface area contributed by atoms with Crippen molar-refractivity contribution in [1.29, 1.82) is 0 Å². The summed E-state index contributed by atoms with van der Waals surface area (Å²) < 4.78 is 0. The highest BCUT2D eigenvalue weighted by Gasteiger charge is 2.65. The highest BCUT2D eigenvalue weighted by molar-refractivity contribution is 5.83. The lowest BCUT2D eigenvalue weighted by Crippen LogP contribution is -2.64. The van der Waals surface area contributed by atoms with Gasteiger partial charge in [0.15, 0.2) is 6.04 Å². The minimum absolute atomic E-state index is 0.0261. The summed E-state index contributed by atoms with van der Waals surface area (Å²) in [5.41, 5.74) is -0.0332. The van der Waals surface area contributed by atoms with Gasteiger partial charge >= 0.3 is 5.97 Å². The van der Waals surface area contributed by atoms with Crippen LogP contribution in [0, 0.1) is 46.3 Å². The molecule has 206 valence electrons. The van der Waals surface area contributed by atoms with Crippen molar-refractivity contribution in [1.82, 2.24) is 5.32 Å². The Labute approximate surface area is 214 Å². The maximum Gasteiger partial charge on any atom is 0.328 e. The topological polar surface area (TPSA) is 147 Å². The smallest absolute Gasteiger partial charge is 0.328 e. The largest absolute Gasteiger partial charge is 0.480 e. The van der Waals surface area contributed by atoms with Gasteiger partial charge in [-0.2, -0.15) is 0 Å². The highest BCUT2D eigenvalue weighted by Crippen LogP contribution is 2.68. The lowest BCUT2D eigenvalue weighted by Gasteiger charge is -2.63. The van der Waals surface area contributed by atoms with E-state index in [2.05, 4.69) is 26.1 Å². The van der Waals surface area contributed by atoms with Gasteiger partial charge in [0.05, 0.1) is 24.4 Å². The van der Waals surface area contributed by atoms with Crippen LogP contribution in [0.5, 0.6) is 0 Å². The molecule has 4 saturated carbocycles. The first-order valence-corrected chi connectivity index (χ1v) is 14.1. The predicted octanol–water partition coefficient (Wildman–Crippen LogP) is 2.31. The fraction of sp³-hybridized carbons (Fsp3) is 0.929. The van der Waals surface area contributed by atoms with E-state index in [1.807, 2.05) is 0 Å². The predicted molar refractivity (Wildman–Crippen MR) is 134 cm³/mol. The lowest BCUT2D eigenvalue weighted by molar-refractivity contribution is -0.223. The molecule has 1 unspecified atom stereocenters. The van der Waals surface area contributed by atoms with E-state index in [9.17, 15) is 35.1 Å². The van der Waals surface area contributed by atoms with E-state index < -0.39 is 36.4 Å². The molecular formula is C28H47NO7. The Morgan fingerprint density at radius 3 is 2.19 bits per heavy atom. The van der Waals surface area contributed by atoms with E-state index in [0.717, 1.165) is 38.5 Å². The molecule has 0 aromatic heterocycles. The molecule has 4 rings (SSSR count). The first kappa shape index (κ1) is 27.8. The van der Waals surface area contributed by atoms with Gasteiger partial charge in [0.25, 0.3) is 0 Å². The summed E-state index contributed by atoms with van der Waals surface area (Å²) in [6.07, 6.45) is 4.07. The van der Waals surface area contributed by atoms with Crippen LogP contribution in [0.2, 0.25) is 0 Å². The summed E-state index contributed by atoms with van der Waals surface area (Å²) in [6, 6.07) is -1.30. The molecule has 0 spiro atoms. The van der Waals surface area contributed by atoms with Crippen molar-refractivity contribution in [3.8, 4) is 0 Å². The summed E-state index contributed by atoms with van der Waals surface area (Å²) in [6.45, 7) is 8.15. The third-order valence-electron chi connectivity index (χ3n) is 11.4. The van der Waals surface area contributed by atoms with Crippen molar-refractivity contribution in [2.45, 2.75) is 116 Å². The molecule has 4 fully saturated rings. The van der Waals surface area contributed by atoms with Crippen molar-refractivity contribution < 1.29 is 35.1 Å². The molecule has 0 saturated heterocycles. The molecule has 4 aliphatic carbocycles. The number of hydrogen-bond acceptors (Lipinski definition) is 6. The monoisotopic (exact) mass is 509 g/mol. The van der Waals surface area contributed by atoms with Crippen molar-refractivity contribution in [3.63, 3.8) is 0 Å². The molecule has 6 N–H and O–H groups in total. The maximum atomic E-state index is 12.4. The molecule has 8 heteroatoms. The van der Waals surface area contributed by atoms with Crippen LogP contribution in [0.1, 0.15) is 85.5 Å². The maximum absolute atomic E-state index is 12.4. The number of aliphatic carboxylic acids is 1. The van der Waals surface area contributed by atoms with Gasteiger partial charge in [0.1, 0.15) is 0 Å². The number of carbonyl (C=O) groups excluding carboxylic acids is 1. The van der Waals surface area contributed by atoms with Gasteiger partial charge in [-0.3, -0.25) is 4.79 Å². The normalized spacial score (nSPS) is 46.6. The minimum atomic E-state index is -1.30. The number of amides is 1. The number of carbonyl (C=O) groups is 2. The van der Waals surface area contributed by atoms with Crippen molar-refractivity contribution >= 4 is 11.9 Å². The van der Waals surface area contributed by atoms with Crippen molar-refractivity contribution in [2.75, 3.05) is 0 Å². The first-order valence-electron chi connectivity index (χ1n) is 14.1. The van der Waals surface area contributed by atoms with Crippen LogP contribution < -0.4 is 5.32 Å². The Balaban J connectivity index is 1.44. The van der Waals surface area contributed by atoms with E-state index in [1.54, 1.807) is 0 Å². The summed E-state index contributed by atoms with van der Waals surface area (Å²) in [4.78, 5) is 23.7. The molecule has 0 aliphatic heterocycles. The number of fused-ring (bicyclic) bond motifs is 5. The average molecular weight is 510 g/mol. The molecule has 0 aromatic carbocycles. The van der Waals surface area contributed by atoms with Crippen LogP contribution in [0.3, 0.4) is 0 Å². The Morgan fingerprint density at radius 2 is 1.56 bits per heavy atom. The van der Waals surface area contributed by atoms with E-state index >= 15 is 0 Å². The van der Waals surface area contributed by atoms with Crippen LogP contribution in [0.4, 0.5) is 0 Å². The second-order valence-corrected chi connectivity index (χ2v) is 13.2. The molecular weight excluding hydrogens is 462 g/mol. The van der Waals surface area contributed by atoms with Gasteiger partial charge in [-0.15, -0.1) is 0 Å². The molecule has 1 amide bonds. The van der Waals surface area contributed by atoms with Gasteiger partial charge in [-0.05, 0) is 105 Å². The van der Waals surface area contributed by atoms with E-state index in [-0.39, 0.29) is 40.9 Å². The number of aliphatic hydroxyl groups excluding tert-OH is 4. The number of carboxylic acids is 1. The average Bonchev–Trinajstić information content (AvgIpc) is 3.17. The SMILES string of the molecule is CC(O)[C@H](NC(=O)CC[C@@H](C)[C@H]1CC[C@H]2[C@@H]3[C@@H](O)[C@@H](O)[C@@H]4C[C@H](O)CC[C@]4(C)[C@H]3CC[C@]12C)C(=O)O. The molecule has 8 nitrogen and oxygen atoms in total. The Hall–Kier alpha value is -1.22. The van der Waals surface area contributed by atoms with Gasteiger partial charge in [0, 0.05) is 6.42 Å². The van der Waals surface area contributed by atoms with E-state index in [4.69, 9.17) is 0 Å². The standard InChI is InChI=1S/C28H47NO7/c1-14(5-8-21(32)29-23(15(2)30)26(35)36)17-6-7-18-22-19(10-12-27(17,18)3)28(4)11-9-16(31)13-20(28)24(33)25(22)34/h14-20,22-25,30-31,33-34H,5-13H2,1-4H3,(H,29,32)(H,35,36)/t14-,15?,16-,17-,18+,19+,20+,22+,23+,24+,25-,27-,28-/m1/s1. The number of hydrogen-bond donors (Lipinski definition) is 6. The quantitative estimate of drug-likeness (QED) is 0.309. The van der Waals surface area contributed by atoms with Crippen LogP contribution in [0.25, 0.3) is 0 Å². The second kappa shape index (κ2) is 10.2. The van der Waals surface area contributed by atoms with E-state index in [1.165, 1.54) is 6.92 Å². The molecule has 0 radical (unpaired) electrons. The van der Waals surface area contributed by atoms with Crippen molar-refractivity contribution in [2.24, 2.45) is 46.3 Å². The summed E-state index contributed by atoms with van der Waals surface area (Å²) >= 11 is 0. The third-order valence-corrected chi connectivity index (χ3v) is 11.4. The Bertz CT molecular complexity index is 835. The Morgan fingerprint density at radius 1 is 0.917 bits per heavy atom. The number of carboxylic acid groups (broad SMARTS) is 1. The molecule has 13 atom stereocenters. The summed E-state index contributed by atoms with van der Waals surface area (Å²) in [5, 5.41) is 54.2. The number of aliphatic hydroxyl groups is 4. The number of nitrogens with one attached hydrogen (secondary N) is 1. The zero-order valence-electron chi connectivity index (χ0n) is 22.3. The van der Waals surface area contributed by atoms with Crippen LogP contribution in [-0.4, -0.2) is 67.9 Å². The van der Waals surface area contributed by atoms with Gasteiger partial charge < -0.3 is 30.8 Å². The minimum Gasteiger partial charge on any atom is -0.480 e. The fourth-order valence-electron chi connectivity index (χ4n) is 9.41. The van der Waals surface area contributed by atoms with Gasteiger partial charge in [0.2, 0.25) is 5.91 Å². The third kappa shape index (κ3) is 4.61. The zero-order valence-corrected chi connectivity index (χ0v) is 22.3. The molecule has 0 bridgehead atoms. The second-order valence-electron chi connectivity index (χ2n) is 13.2. The summed E-state index contributed by atoms with van der Waals surface area (Å²) in [5.74, 6) is -0.292. The first-order chi connectivity index (χ1) is 16.8. The molecule has 4 aliphatic rings. The number of rotatable bonds is 7. The van der Waals surface area contributed by atoms with Crippen molar-refractivity contribution in [3.05, 3.63) is 0 Å². The molecule has 36 heavy (non-hydrogen) atoms. The molecule has 0 heterocycles. The molecule has 0 aromatic rings. The zero-order chi connectivity index (χ0) is 26.6. The van der Waals surface area contributed by atoms with Crippen LogP contribution in [0.15, 0.2) is 0 Å². The van der Waals surface area contributed by atoms with Gasteiger partial charge in [-0.1, -0.05) is 20.8 Å². The summed E-state index contributed by atoms with van der Waals surface area (Å²) in [7, 11) is 0. The fourth-order valence-corrected chi connectivity index (χ4v) is 9.41. The van der Waals surface area contributed by atoms with Crippen LogP contribution in [-0.2, 0) is 9.59 Å². The van der Waals surface area contributed by atoms with E-state index in [0.29, 0.717) is 30.6 Å². The highest BCUT2D eigenvalue weighted by atomic mass is 16.4.